The first-order valence-corrected chi connectivity index (χ1v) is 6.77. The van der Waals surface area contributed by atoms with Crippen LogP contribution in [0.25, 0.3) is 0 Å². The number of aryl methyl sites for hydroxylation is 2. The van der Waals surface area contributed by atoms with Gasteiger partial charge in [-0.3, -0.25) is 0 Å². The molecule has 0 amide bonds. The third-order valence-corrected chi connectivity index (χ3v) is 3.60. The fraction of sp³-hybridized carbons (Fsp3) is 0.294. The van der Waals surface area contributed by atoms with Gasteiger partial charge in [-0.2, -0.15) is 0 Å². The van der Waals surface area contributed by atoms with Crippen molar-refractivity contribution >= 4 is 5.69 Å². The van der Waals surface area contributed by atoms with E-state index in [-0.39, 0.29) is 17.7 Å². The molecule has 2 N–H and O–H groups in total. The Kier molecular flexibility index (Phi) is 4.28. The number of rotatable bonds is 4. The molecule has 2 rings (SSSR count). The Morgan fingerprint density at radius 3 is 2.43 bits per heavy atom. The van der Waals surface area contributed by atoms with E-state index in [9.17, 15) is 13.9 Å². The van der Waals surface area contributed by atoms with Crippen LogP contribution < -0.4 is 5.32 Å². The summed E-state index contributed by atoms with van der Waals surface area (Å²) in [6.07, 6.45) is 0. The van der Waals surface area contributed by atoms with Gasteiger partial charge in [-0.1, -0.05) is 12.1 Å². The number of halogens is 2. The normalized spacial score (nSPS) is 13.8. The second-order valence-corrected chi connectivity index (χ2v) is 5.57. The maximum Gasteiger partial charge on any atom is 0.129 e. The summed E-state index contributed by atoms with van der Waals surface area (Å²) in [7, 11) is 0. The van der Waals surface area contributed by atoms with Crippen LogP contribution in [-0.4, -0.2) is 11.7 Å². The van der Waals surface area contributed by atoms with Crippen LogP contribution in [0.15, 0.2) is 36.4 Å². The zero-order valence-corrected chi connectivity index (χ0v) is 12.4. The van der Waals surface area contributed by atoms with Gasteiger partial charge >= 0.3 is 0 Å². The van der Waals surface area contributed by atoms with Gasteiger partial charge in [-0.25, -0.2) is 8.78 Å². The summed E-state index contributed by atoms with van der Waals surface area (Å²) in [4.78, 5) is 0. The Labute approximate surface area is 123 Å². The van der Waals surface area contributed by atoms with Crippen LogP contribution in [0.2, 0.25) is 0 Å². The van der Waals surface area contributed by atoms with Crippen LogP contribution >= 0.6 is 0 Å². The summed E-state index contributed by atoms with van der Waals surface area (Å²) in [5.41, 5.74) is 1.02. The first-order valence-electron chi connectivity index (χ1n) is 6.77. The Hall–Kier alpha value is -1.94. The highest BCUT2D eigenvalue weighted by Crippen LogP contribution is 2.29. The van der Waals surface area contributed by atoms with Crippen LogP contribution in [0.1, 0.15) is 23.6 Å². The molecule has 112 valence electrons. The van der Waals surface area contributed by atoms with Gasteiger partial charge in [0.1, 0.15) is 11.6 Å². The van der Waals surface area contributed by atoms with E-state index in [4.69, 9.17) is 0 Å². The highest BCUT2D eigenvalue weighted by atomic mass is 19.1. The minimum absolute atomic E-state index is 0.106. The molecule has 0 aliphatic carbocycles. The zero-order valence-electron chi connectivity index (χ0n) is 12.4. The zero-order chi connectivity index (χ0) is 15.6. The van der Waals surface area contributed by atoms with E-state index in [2.05, 4.69) is 5.32 Å². The van der Waals surface area contributed by atoms with E-state index < -0.39 is 17.2 Å². The highest BCUT2D eigenvalue weighted by Gasteiger charge is 2.30. The molecule has 0 radical (unpaired) electrons. The maximum atomic E-state index is 14.2. The van der Waals surface area contributed by atoms with Crippen molar-refractivity contribution in [2.24, 2.45) is 0 Å². The first-order chi connectivity index (χ1) is 9.85. The van der Waals surface area contributed by atoms with Gasteiger partial charge in [0.15, 0.2) is 0 Å². The predicted octanol–water partition coefficient (Wildman–Crippen LogP) is 3.90. The average molecular weight is 291 g/mol. The molecule has 21 heavy (non-hydrogen) atoms. The van der Waals surface area contributed by atoms with E-state index in [1.807, 2.05) is 31.2 Å². The average Bonchev–Trinajstić information content (AvgIpc) is 2.42. The summed E-state index contributed by atoms with van der Waals surface area (Å²) >= 11 is 0. The van der Waals surface area contributed by atoms with Crippen molar-refractivity contribution in [3.63, 3.8) is 0 Å². The van der Waals surface area contributed by atoms with Gasteiger partial charge in [-0.05, 0) is 56.2 Å². The van der Waals surface area contributed by atoms with E-state index >= 15 is 0 Å². The molecule has 2 nitrogen and oxygen atoms in total. The molecular weight excluding hydrogens is 272 g/mol. The smallest absolute Gasteiger partial charge is 0.129 e. The minimum Gasteiger partial charge on any atom is -0.394 e. The van der Waals surface area contributed by atoms with Crippen LogP contribution in [0.4, 0.5) is 14.5 Å². The summed E-state index contributed by atoms with van der Waals surface area (Å²) < 4.78 is 27.9. The van der Waals surface area contributed by atoms with Crippen LogP contribution in [0, 0.1) is 25.5 Å². The van der Waals surface area contributed by atoms with Crippen molar-refractivity contribution in [2.45, 2.75) is 26.3 Å². The fourth-order valence-corrected chi connectivity index (χ4v) is 2.30. The van der Waals surface area contributed by atoms with Crippen molar-refractivity contribution in [3.05, 3.63) is 64.7 Å². The largest absolute Gasteiger partial charge is 0.394 e. The number of aliphatic hydroxyl groups excluding tert-OH is 1. The molecule has 0 aromatic heterocycles. The third kappa shape index (κ3) is 3.22. The number of hydrogen-bond acceptors (Lipinski definition) is 2. The first kappa shape index (κ1) is 15.4. The van der Waals surface area contributed by atoms with Crippen LogP contribution in [-0.2, 0) is 5.54 Å². The van der Waals surface area contributed by atoms with Gasteiger partial charge in [0.25, 0.3) is 0 Å². The quantitative estimate of drug-likeness (QED) is 0.895. The molecule has 1 unspecified atom stereocenters. The minimum atomic E-state index is -1.10. The monoisotopic (exact) mass is 291 g/mol. The summed E-state index contributed by atoms with van der Waals surface area (Å²) in [5, 5.41) is 12.8. The lowest BCUT2D eigenvalue weighted by molar-refractivity contribution is 0.220. The fourth-order valence-electron chi connectivity index (χ4n) is 2.30. The van der Waals surface area contributed by atoms with Crippen molar-refractivity contribution in [2.75, 3.05) is 11.9 Å². The van der Waals surface area contributed by atoms with Gasteiger partial charge in [0.05, 0.1) is 12.1 Å². The molecule has 0 heterocycles. The van der Waals surface area contributed by atoms with Gasteiger partial charge < -0.3 is 10.4 Å². The molecule has 0 saturated carbocycles. The molecule has 1 atom stereocenters. The number of benzene rings is 2. The van der Waals surface area contributed by atoms with Gasteiger partial charge in [-0.15, -0.1) is 0 Å². The molecule has 0 saturated heterocycles. The van der Waals surface area contributed by atoms with Gasteiger partial charge in [0, 0.05) is 11.3 Å². The molecule has 0 aliphatic heterocycles. The number of anilines is 1. The lowest BCUT2D eigenvalue weighted by atomic mass is 9.90. The number of nitrogens with one attached hydrogen (secondary N) is 1. The molecular formula is C17H19F2NO. The Morgan fingerprint density at radius 2 is 1.81 bits per heavy atom. The summed E-state index contributed by atoms with van der Waals surface area (Å²) in [5.74, 6) is -1.03. The maximum absolute atomic E-state index is 14.2. The van der Waals surface area contributed by atoms with E-state index in [0.717, 1.165) is 23.4 Å². The van der Waals surface area contributed by atoms with E-state index in [0.29, 0.717) is 0 Å². The number of hydrogen-bond donors (Lipinski definition) is 2. The highest BCUT2D eigenvalue weighted by molar-refractivity contribution is 5.50. The lowest BCUT2D eigenvalue weighted by Crippen LogP contribution is -2.37. The van der Waals surface area contributed by atoms with E-state index in [1.54, 1.807) is 6.92 Å². The van der Waals surface area contributed by atoms with Crippen LogP contribution in [0.3, 0.4) is 0 Å². The summed E-state index contributed by atoms with van der Waals surface area (Å²) in [6.45, 7) is 4.73. The van der Waals surface area contributed by atoms with Crippen molar-refractivity contribution in [1.82, 2.24) is 0 Å². The van der Waals surface area contributed by atoms with Gasteiger partial charge in [0.2, 0.25) is 0 Å². The molecule has 0 spiro atoms. The molecule has 0 fully saturated rings. The Bertz CT molecular complexity index is 657. The number of aliphatic hydroxyl groups is 1. The Balaban J connectivity index is 2.44. The van der Waals surface area contributed by atoms with Crippen molar-refractivity contribution in [3.8, 4) is 0 Å². The van der Waals surface area contributed by atoms with Crippen LogP contribution in [0.5, 0.6) is 0 Å². The van der Waals surface area contributed by atoms with E-state index in [1.165, 1.54) is 6.92 Å². The second-order valence-electron chi connectivity index (χ2n) is 5.57. The second kappa shape index (κ2) is 5.82. The van der Waals surface area contributed by atoms with Crippen molar-refractivity contribution in [1.29, 1.82) is 0 Å². The van der Waals surface area contributed by atoms with Crippen molar-refractivity contribution < 1.29 is 13.9 Å². The topological polar surface area (TPSA) is 32.3 Å². The Morgan fingerprint density at radius 1 is 1.10 bits per heavy atom. The molecule has 0 aliphatic rings. The summed E-state index contributed by atoms with van der Waals surface area (Å²) in [6, 6.07) is 9.80. The third-order valence-electron chi connectivity index (χ3n) is 3.60. The molecule has 2 aromatic carbocycles. The standard InChI is InChI=1S/C17H19F2NO/c1-11-5-4-6-13(7-11)20-17(3,10-21)14-9-15(18)12(2)8-16(14)19/h4-9,20-21H,10H2,1-3H3. The SMILES string of the molecule is Cc1cccc(NC(C)(CO)c2cc(F)c(C)cc2F)c1. The molecule has 0 bridgehead atoms. The molecule has 2 aromatic rings. The predicted molar refractivity (Wildman–Crippen MR) is 80.3 cm³/mol. The molecule has 4 heteroatoms. The lowest BCUT2D eigenvalue weighted by Gasteiger charge is -2.31.